The predicted octanol–water partition coefficient (Wildman–Crippen LogP) is 3.91. The van der Waals surface area contributed by atoms with Crippen LogP contribution >= 0.6 is 0 Å². The number of rotatable bonds is 2. The van der Waals surface area contributed by atoms with Crippen molar-refractivity contribution >= 4 is 11.6 Å². The van der Waals surface area contributed by atoms with Crippen LogP contribution in [0.4, 0.5) is 5.69 Å². The molecule has 3 nitrogen and oxygen atoms in total. The molecule has 0 unspecified atom stereocenters. The van der Waals surface area contributed by atoms with E-state index in [2.05, 4.69) is 10.3 Å². The van der Waals surface area contributed by atoms with Gasteiger partial charge in [0.05, 0.1) is 11.9 Å². The zero-order chi connectivity index (χ0) is 13.4. The first-order chi connectivity index (χ1) is 8.75. The number of aryl methyl sites for hydroxylation is 1. The topological polar surface area (TPSA) is 42.0 Å². The van der Waals surface area contributed by atoms with Gasteiger partial charge in [-0.15, -0.1) is 0 Å². The van der Waals surface area contributed by atoms with Crippen molar-refractivity contribution < 1.29 is 6.22 Å². The monoisotopic (exact) mass is 244 g/mol. The standard InChI is InChI=1S/C13H12N2O.C2H6.H2/c1-10-4-2-5-11(8-10)13(16)15-12-6-3-7-14-9-12;1-2;/h2-9H,1H3,(H,15,16);1-2H3;1H. The fraction of sp³-hybridized carbons (Fsp3) is 0.200. The van der Waals surface area contributed by atoms with Crippen LogP contribution in [0, 0.1) is 6.92 Å². The van der Waals surface area contributed by atoms with E-state index in [0.717, 1.165) is 5.56 Å². The summed E-state index contributed by atoms with van der Waals surface area (Å²) in [5.41, 5.74) is 2.43. The molecular formula is C15H20N2O. The van der Waals surface area contributed by atoms with Gasteiger partial charge in [-0.3, -0.25) is 9.78 Å². The first-order valence-electron chi connectivity index (χ1n) is 6.04. The fourth-order valence-corrected chi connectivity index (χ4v) is 1.43. The van der Waals surface area contributed by atoms with E-state index < -0.39 is 0 Å². The molecule has 18 heavy (non-hydrogen) atoms. The van der Waals surface area contributed by atoms with Gasteiger partial charge in [0.25, 0.3) is 5.91 Å². The number of carbonyl (C=O) groups is 1. The Labute approximate surface area is 109 Å². The summed E-state index contributed by atoms with van der Waals surface area (Å²) < 4.78 is 0. The average molecular weight is 244 g/mol. The Morgan fingerprint density at radius 3 is 2.61 bits per heavy atom. The summed E-state index contributed by atoms with van der Waals surface area (Å²) in [5.74, 6) is -0.114. The van der Waals surface area contributed by atoms with Gasteiger partial charge in [0.2, 0.25) is 0 Å². The van der Waals surface area contributed by atoms with Gasteiger partial charge in [-0.05, 0) is 31.2 Å². The van der Waals surface area contributed by atoms with E-state index in [1.54, 1.807) is 30.6 Å². The number of anilines is 1. The quantitative estimate of drug-likeness (QED) is 0.870. The highest BCUT2D eigenvalue weighted by atomic mass is 16.1. The molecule has 1 aromatic carbocycles. The van der Waals surface area contributed by atoms with Gasteiger partial charge < -0.3 is 5.32 Å². The van der Waals surface area contributed by atoms with Crippen LogP contribution < -0.4 is 5.32 Å². The Morgan fingerprint density at radius 2 is 2.00 bits per heavy atom. The summed E-state index contributed by atoms with van der Waals surface area (Å²) >= 11 is 0. The number of aromatic nitrogens is 1. The number of nitrogens with zero attached hydrogens (tertiary/aromatic N) is 1. The molecule has 0 aliphatic carbocycles. The summed E-state index contributed by atoms with van der Waals surface area (Å²) in [5, 5.41) is 2.78. The minimum absolute atomic E-state index is 0. The van der Waals surface area contributed by atoms with Crippen LogP contribution in [-0.4, -0.2) is 10.9 Å². The molecule has 2 rings (SSSR count). The molecule has 3 heteroatoms. The SMILES string of the molecule is CC.Cc1cccc(C(=O)Nc2cccnc2)c1.[HH]. The van der Waals surface area contributed by atoms with Gasteiger partial charge in [-0.25, -0.2) is 0 Å². The van der Waals surface area contributed by atoms with Crippen LogP contribution in [0.3, 0.4) is 0 Å². The third-order valence-corrected chi connectivity index (χ3v) is 2.20. The molecule has 0 saturated heterocycles. The molecule has 0 fully saturated rings. The largest absolute Gasteiger partial charge is 0.321 e. The van der Waals surface area contributed by atoms with Crippen molar-refractivity contribution in [1.29, 1.82) is 0 Å². The van der Waals surface area contributed by atoms with Gasteiger partial charge in [0.15, 0.2) is 0 Å². The van der Waals surface area contributed by atoms with Crippen molar-refractivity contribution in [2.45, 2.75) is 20.8 Å². The zero-order valence-electron chi connectivity index (χ0n) is 11.0. The normalized spacial score (nSPS) is 9.06. The molecular weight excluding hydrogens is 224 g/mol. The lowest BCUT2D eigenvalue weighted by Crippen LogP contribution is -2.11. The number of carbonyl (C=O) groups excluding carboxylic acids is 1. The first kappa shape index (κ1) is 13.9. The Hall–Kier alpha value is -2.16. The van der Waals surface area contributed by atoms with Gasteiger partial charge >= 0.3 is 0 Å². The Bertz CT molecular complexity index is 501. The van der Waals surface area contributed by atoms with Crippen molar-refractivity contribution in [3.05, 3.63) is 59.9 Å². The second kappa shape index (κ2) is 7.22. The molecule has 0 aliphatic heterocycles. The molecule has 2 aromatic rings. The lowest BCUT2D eigenvalue weighted by atomic mass is 10.1. The third-order valence-electron chi connectivity index (χ3n) is 2.20. The van der Waals surface area contributed by atoms with Gasteiger partial charge in [0.1, 0.15) is 0 Å². The summed E-state index contributed by atoms with van der Waals surface area (Å²) in [6.07, 6.45) is 3.29. The van der Waals surface area contributed by atoms with E-state index in [9.17, 15) is 4.79 Å². The van der Waals surface area contributed by atoms with Crippen LogP contribution in [0.5, 0.6) is 0 Å². The Morgan fingerprint density at radius 1 is 1.22 bits per heavy atom. The van der Waals surface area contributed by atoms with Crippen LogP contribution in [0.2, 0.25) is 0 Å². The van der Waals surface area contributed by atoms with E-state index >= 15 is 0 Å². The Kier molecular flexibility index (Phi) is 5.58. The average Bonchev–Trinajstić information content (AvgIpc) is 2.42. The van der Waals surface area contributed by atoms with E-state index in [1.807, 2.05) is 39.0 Å². The van der Waals surface area contributed by atoms with Crippen LogP contribution in [0.15, 0.2) is 48.8 Å². The van der Waals surface area contributed by atoms with E-state index in [-0.39, 0.29) is 7.33 Å². The number of benzene rings is 1. The number of nitrogens with one attached hydrogen (secondary N) is 1. The maximum Gasteiger partial charge on any atom is 0.255 e. The van der Waals surface area contributed by atoms with Crippen molar-refractivity contribution in [1.82, 2.24) is 4.98 Å². The maximum absolute atomic E-state index is 11.8. The van der Waals surface area contributed by atoms with E-state index in [4.69, 9.17) is 0 Å². The molecule has 0 atom stereocenters. The second-order valence-electron chi connectivity index (χ2n) is 3.57. The van der Waals surface area contributed by atoms with Crippen LogP contribution in [0.1, 0.15) is 31.2 Å². The van der Waals surface area contributed by atoms with E-state index in [1.165, 1.54) is 0 Å². The summed E-state index contributed by atoms with van der Waals surface area (Å²) in [4.78, 5) is 15.8. The highest BCUT2D eigenvalue weighted by Gasteiger charge is 2.05. The number of hydrogen-bond donors (Lipinski definition) is 1. The highest BCUT2D eigenvalue weighted by Crippen LogP contribution is 2.08. The molecule has 0 radical (unpaired) electrons. The molecule has 1 heterocycles. The third kappa shape index (κ3) is 4.01. The Balaban J connectivity index is 0.00000103. The van der Waals surface area contributed by atoms with Crippen molar-refractivity contribution in [3.8, 4) is 0 Å². The second-order valence-corrected chi connectivity index (χ2v) is 3.57. The van der Waals surface area contributed by atoms with Crippen molar-refractivity contribution in [3.63, 3.8) is 0 Å². The molecule has 0 spiro atoms. The summed E-state index contributed by atoms with van der Waals surface area (Å²) in [7, 11) is 0. The minimum Gasteiger partial charge on any atom is -0.321 e. The minimum atomic E-state index is -0.114. The van der Waals surface area contributed by atoms with Crippen LogP contribution in [0.25, 0.3) is 0 Å². The lowest BCUT2D eigenvalue weighted by molar-refractivity contribution is 0.102. The molecule has 0 bridgehead atoms. The number of amides is 1. The summed E-state index contributed by atoms with van der Waals surface area (Å²) in [6, 6.07) is 11.1. The number of hydrogen-bond acceptors (Lipinski definition) is 2. The first-order valence-corrected chi connectivity index (χ1v) is 6.04. The fourth-order valence-electron chi connectivity index (χ4n) is 1.43. The lowest BCUT2D eigenvalue weighted by Gasteiger charge is -2.04. The van der Waals surface area contributed by atoms with Gasteiger partial charge in [0, 0.05) is 13.2 Å². The molecule has 96 valence electrons. The molecule has 1 amide bonds. The maximum atomic E-state index is 11.8. The molecule has 1 aromatic heterocycles. The highest BCUT2D eigenvalue weighted by molar-refractivity contribution is 6.04. The number of pyridine rings is 1. The smallest absolute Gasteiger partial charge is 0.255 e. The van der Waals surface area contributed by atoms with Gasteiger partial charge in [-0.2, -0.15) is 0 Å². The molecule has 0 aliphatic rings. The van der Waals surface area contributed by atoms with Crippen LogP contribution in [-0.2, 0) is 0 Å². The predicted molar refractivity (Wildman–Crippen MR) is 76.8 cm³/mol. The molecule has 0 saturated carbocycles. The van der Waals surface area contributed by atoms with Crippen molar-refractivity contribution in [2.24, 2.45) is 0 Å². The van der Waals surface area contributed by atoms with E-state index in [0.29, 0.717) is 11.3 Å². The van der Waals surface area contributed by atoms with Crippen molar-refractivity contribution in [2.75, 3.05) is 5.32 Å². The van der Waals surface area contributed by atoms with Gasteiger partial charge in [-0.1, -0.05) is 31.5 Å². The zero-order valence-corrected chi connectivity index (χ0v) is 11.0. The summed E-state index contributed by atoms with van der Waals surface area (Å²) in [6.45, 7) is 5.96. The molecule has 1 N–H and O–H groups in total.